The van der Waals surface area contributed by atoms with Crippen molar-refractivity contribution in [2.24, 2.45) is 0 Å². The van der Waals surface area contributed by atoms with E-state index < -0.39 is 8.25 Å². The normalized spacial score (nSPS) is 9.73. The highest BCUT2D eigenvalue weighted by atomic mass is 31.1. The van der Waals surface area contributed by atoms with Gasteiger partial charge in [-0.2, -0.15) is 0 Å². The lowest BCUT2D eigenvalue weighted by molar-refractivity contribution is 0.226. The third kappa shape index (κ3) is 10.7. The molecule has 0 radical (unpaired) electrons. The fourth-order valence-corrected chi connectivity index (χ4v) is 1.24. The predicted molar refractivity (Wildman–Crippen MR) is 51.4 cm³/mol. The minimum Gasteiger partial charge on any atom is -0.311 e. The maximum Gasteiger partial charge on any atom is 0.319 e. The summed E-state index contributed by atoms with van der Waals surface area (Å²) in [5.74, 6) is 0. The molecule has 0 aromatic rings. The van der Waals surface area contributed by atoms with Gasteiger partial charge in [0.2, 0.25) is 0 Å². The van der Waals surface area contributed by atoms with Crippen molar-refractivity contribution < 1.29 is 13.6 Å². The van der Waals surface area contributed by atoms with E-state index in [0.717, 1.165) is 12.8 Å². The molecule has 0 atom stereocenters. The lowest BCUT2D eigenvalue weighted by atomic mass is 10.5. The van der Waals surface area contributed by atoms with E-state index in [0.29, 0.717) is 13.2 Å². The Kier molecular flexibility index (Phi) is 13.8. The average Bonchev–Trinajstić information content (AvgIpc) is 1.97. The monoisotopic (exact) mass is 196 g/mol. The molecule has 0 rings (SSSR count). The van der Waals surface area contributed by atoms with Crippen LogP contribution in [-0.2, 0) is 13.6 Å². The Morgan fingerprint density at radius 3 is 1.73 bits per heavy atom. The van der Waals surface area contributed by atoms with Crippen molar-refractivity contribution >= 4 is 25.6 Å². The Bertz CT molecular complexity index is 89.8. The lowest BCUT2D eigenvalue weighted by Crippen LogP contribution is -1.87. The smallest absolute Gasteiger partial charge is 0.311 e. The van der Waals surface area contributed by atoms with E-state index in [1.807, 2.05) is 13.8 Å². The molecule has 0 saturated carbocycles. The van der Waals surface area contributed by atoms with E-state index in [1.165, 1.54) is 0 Å². The second-order valence-electron chi connectivity index (χ2n) is 1.95. The van der Waals surface area contributed by atoms with E-state index >= 15 is 0 Å². The zero-order valence-corrected chi connectivity index (χ0v) is 7.55. The van der Waals surface area contributed by atoms with Gasteiger partial charge in [-0.25, -0.2) is 0 Å². The molecule has 11 heavy (non-hydrogen) atoms. The van der Waals surface area contributed by atoms with Gasteiger partial charge in [-0.3, -0.25) is 4.57 Å². The summed E-state index contributed by atoms with van der Waals surface area (Å²) in [7, 11) is -2.16. The summed E-state index contributed by atoms with van der Waals surface area (Å²) in [6.07, 6.45) is 1.76. The molecule has 0 unspecified atom stereocenters. The van der Waals surface area contributed by atoms with Gasteiger partial charge >= 0.3 is 8.25 Å². The molecular formula is C6H18AlO3P. The molecule has 0 aromatic carbocycles. The van der Waals surface area contributed by atoms with Gasteiger partial charge in [0.25, 0.3) is 0 Å². The van der Waals surface area contributed by atoms with Crippen molar-refractivity contribution in [2.75, 3.05) is 13.2 Å². The Morgan fingerprint density at radius 2 is 1.45 bits per heavy atom. The molecule has 0 N–H and O–H groups in total. The molecule has 68 valence electrons. The summed E-state index contributed by atoms with van der Waals surface area (Å²) >= 11 is 0. The van der Waals surface area contributed by atoms with Crippen LogP contribution in [0.15, 0.2) is 0 Å². The lowest BCUT2D eigenvalue weighted by Gasteiger charge is -2.01. The van der Waals surface area contributed by atoms with Gasteiger partial charge in [0, 0.05) is 0 Å². The summed E-state index contributed by atoms with van der Waals surface area (Å²) in [5.41, 5.74) is 0. The van der Waals surface area contributed by atoms with Crippen LogP contribution in [0.5, 0.6) is 0 Å². The summed E-state index contributed by atoms with van der Waals surface area (Å²) in [6, 6.07) is 0. The first-order chi connectivity index (χ1) is 4.81. The van der Waals surface area contributed by atoms with E-state index in [2.05, 4.69) is 0 Å². The molecule has 0 bridgehead atoms. The maximum atomic E-state index is 10.7. The van der Waals surface area contributed by atoms with Crippen LogP contribution in [0.4, 0.5) is 0 Å². The third-order valence-electron chi connectivity index (χ3n) is 0.848. The van der Waals surface area contributed by atoms with Crippen LogP contribution in [0.25, 0.3) is 0 Å². The van der Waals surface area contributed by atoms with E-state index in [4.69, 9.17) is 9.05 Å². The van der Waals surface area contributed by atoms with Crippen molar-refractivity contribution in [3.63, 3.8) is 0 Å². The SMILES string of the molecule is CCCO[PH](=O)OCCC.[AlH3]. The highest BCUT2D eigenvalue weighted by Crippen LogP contribution is 2.23. The first kappa shape index (κ1) is 14.2. The zero-order valence-electron chi connectivity index (χ0n) is 6.55. The Hall–Kier alpha value is 0.682. The predicted octanol–water partition coefficient (Wildman–Crippen LogP) is 1.05. The Labute approximate surface area is 79.5 Å². The maximum absolute atomic E-state index is 10.7. The summed E-state index contributed by atoms with van der Waals surface area (Å²) < 4.78 is 20.3. The van der Waals surface area contributed by atoms with Gasteiger partial charge < -0.3 is 9.05 Å². The van der Waals surface area contributed by atoms with Crippen molar-refractivity contribution in [1.82, 2.24) is 0 Å². The van der Waals surface area contributed by atoms with Crippen LogP contribution in [0.2, 0.25) is 0 Å². The van der Waals surface area contributed by atoms with Crippen LogP contribution in [-0.4, -0.2) is 30.6 Å². The van der Waals surface area contributed by atoms with Crippen molar-refractivity contribution in [3.05, 3.63) is 0 Å². The van der Waals surface area contributed by atoms with Crippen molar-refractivity contribution in [3.8, 4) is 0 Å². The topological polar surface area (TPSA) is 35.5 Å². The molecule has 0 aliphatic rings. The first-order valence-electron chi connectivity index (χ1n) is 3.60. The summed E-state index contributed by atoms with van der Waals surface area (Å²) in [4.78, 5) is 0. The highest BCUT2D eigenvalue weighted by molar-refractivity contribution is 7.33. The van der Waals surface area contributed by atoms with Gasteiger partial charge in [-0.15, -0.1) is 0 Å². The van der Waals surface area contributed by atoms with Crippen molar-refractivity contribution in [2.45, 2.75) is 26.7 Å². The number of rotatable bonds is 6. The molecule has 0 aliphatic heterocycles. The molecular weight excluding hydrogens is 178 g/mol. The number of hydrogen-bond donors (Lipinski definition) is 0. The van der Waals surface area contributed by atoms with Crippen LogP contribution < -0.4 is 0 Å². The minimum absolute atomic E-state index is 0. The van der Waals surface area contributed by atoms with Gasteiger partial charge in [0.15, 0.2) is 17.4 Å². The van der Waals surface area contributed by atoms with Gasteiger partial charge in [-0.1, -0.05) is 13.8 Å². The fourth-order valence-electron chi connectivity index (χ4n) is 0.412. The van der Waals surface area contributed by atoms with E-state index in [9.17, 15) is 4.57 Å². The average molecular weight is 196 g/mol. The van der Waals surface area contributed by atoms with Crippen LogP contribution >= 0.6 is 8.25 Å². The van der Waals surface area contributed by atoms with Crippen molar-refractivity contribution in [1.29, 1.82) is 0 Å². The molecule has 0 spiro atoms. The minimum atomic E-state index is -2.16. The van der Waals surface area contributed by atoms with E-state index in [1.54, 1.807) is 0 Å². The van der Waals surface area contributed by atoms with Gasteiger partial charge in [0.05, 0.1) is 13.2 Å². The Morgan fingerprint density at radius 1 is 1.09 bits per heavy atom. The largest absolute Gasteiger partial charge is 0.319 e. The third-order valence-corrected chi connectivity index (χ3v) is 1.73. The molecule has 5 heteroatoms. The van der Waals surface area contributed by atoms with Crippen LogP contribution in [0.3, 0.4) is 0 Å². The summed E-state index contributed by atoms with van der Waals surface area (Å²) in [6.45, 7) is 4.99. The number of hydrogen-bond acceptors (Lipinski definition) is 3. The van der Waals surface area contributed by atoms with E-state index in [-0.39, 0.29) is 17.4 Å². The molecule has 0 saturated heterocycles. The summed E-state index contributed by atoms with van der Waals surface area (Å²) in [5, 5.41) is 0. The first-order valence-corrected chi connectivity index (χ1v) is 4.83. The highest BCUT2D eigenvalue weighted by Gasteiger charge is 1.95. The molecule has 3 nitrogen and oxygen atoms in total. The molecule has 0 fully saturated rings. The standard InChI is InChI=1S/C6H15O3P.Al.3H/c1-3-5-8-10(7)9-6-4-2;;;;/h10H,3-6H2,1-2H3;;;;. The molecule has 0 aliphatic carbocycles. The molecule has 0 amide bonds. The quantitative estimate of drug-likeness (QED) is 0.470. The second kappa shape index (κ2) is 10.7. The second-order valence-corrected chi connectivity index (χ2v) is 3.02. The zero-order chi connectivity index (χ0) is 7.82. The fraction of sp³-hybridized carbons (Fsp3) is 1.00. The van der Waals surface area contributed by atoms with Crippen LogP contribution in [0.1, 0.15) is 26.7 Å². The molecule has 0 aromatic heterocycles. The Balaban J connectivity index is 0. The molecule has 0 heterocycles. The van der Waals surface area contributed by atoms with Crippen LogP contribution in [0, 0.1) is 0 Å². The van der Waals surface area contributed by atoms with Gasteiger partial charge in [-0.05, 0) is 12.8 Å². The van der Waals surface area contributed by atoms with Gasteiger partial charge in [0.1, 0.15) is 0 Å².